The third kappa shape index (κ3) is 2.96. The Kier molecular flexibility index (Phi) is 3.61. The van der Waals surface area contributed by atoms with Crippen LogP contribution in [0.2, 0.25) is 5.02 Å². The van der Waals surface area contributed by atoms with Gasteiger partial charge in [-0.15, -0.1) is 0 Å². The number of rotatable bonds is 2. The summed E-state index contributed by atoms with van der Waals surface area (Å²) in [5.41, 5.74) is 8.41. The lowest BCUT2D eigenvalue weighted by atomic mass is 10.0. The number of halogens is 1. The molecule has 0 heterocycles. The molecule has 0 fully saturated rings. The molecule has 0 bridgehead atoms. The Labute approximate surface area is 110 Å². The molecule has 2 rings (SSSR count). The molecule has 2 aromatic carbocycles. The number of nitrogens with one attached hydrogen (secondary N) is 1. The molecule has 0 saturated heterocycles. The number of hydrogen-bond donors (Lipinski definition) is 2. The Morgan fingerprint density at radius 2 is 1.88 bits per heavy atom. The average molecular weight is 263 g/mol. The van der Waals surface area contributed by atoms with E-state index in [-0.39, 0.29) is 5.11 Å². The van der Waals surface area contributed by atoms with E-state index in [4.69, 9.17) is 29.6 Å². The van der Waals surface area contributed by atoms with Gasteiger partial charge in [0.1, 0.15) is 0 Å². The molecule has 4 heteroatoms. The second-order valence-corrected chi connectivity index (χ2v) is 4.42. The molecule has 17 heavy (non-hydrogen) atoms. The zero-order valence-electron chi connectivity index (χ0n) is 8.98. The van der Waals surface area contributed by atoms with E-state index >= 15 is 0 Å². The van der Waals surface area contributed by atoms with E-state index in [1.807, 2.05) is 48.5 Å². The summed E-state index contributed by atoms with van der Waals surface area (Å²) in [5.74, 6) is 0. The van der Waals surface area contributed by atoms with Crippen molar-refractivity contribution in [2.24, 2.45) is 5.73 Å². The minimum absolute atomic E-state index is 0.250. The molecular weight excluding hydrogens is 252 g/mol. The van der Waals surface area contributed by atoms with Gasteiger partial charge in [-0.2, -0.15) is 0 Å². The topological polar surface area (TPSA) is 38.0 Å². The molecule has 3 N–H and O–H groups in total. The number of thiocarbonyl (C=S) groups is 1. The monoisotopic (exact) mass is 262 g/mol. The normalized spacial score (nSPS) is 9.94. The smallest absolute Gasteiger partial charge is 0.168 e. The van der Waals surface area contributed by atoms with Crippen LogP contribution in [0.1, 0.15) is 0 Å². The van der Waals surface area contributed by atoms with Gasteiger partial charge in [-0.1, -0.05) is 41.9 Å². The maximum Gasteiger partial charge on any atom is 0.168 e. The number of para-hydroxylation sites is 1. The summed E-state index contributed by atoms with van der Waals surface area (Å²) in [6.45, 7) is 0. The lowest BCUT2D eigenvalue weighted by Gasteiger charge is -2.10. The first-order valence-electron chi connectivity index (χ1n) is 5.08. The first-order chi connectivity index (χ1) is 8.16. The third-order valence-corrected chi connectivity index (χ3v) is 2.66. The van der Waals surface area contributed by atoms with E-state index in [9.17, 15) is 0 Å². The summed E-state index contributed by atoms with van der Waals surface area (Å²) < 4.78 is 0. The van der Waals surface area contributed by atoms with Crippen molar-refractivity contribution in [2.45, 2.75) is 0 Å². The van der Waals surface area contributed by atoms with E-state index in [2.05, 4.69) is 5.32 Å². The molecule has 0 amide bonds. The second kappa shape index (κ2) is 5.17. The van der Waals surface area contributed by atoms with Gasteiger partial charge in [0.25, 0.3) is 0 Å². The highest BCUT2D eigenvalue weighted by atomic mass is 35.5. The summed E-state index contributed by atoms with van der Waals surface area (Å²) in [6, 6.07) is 15.5. The maximum absolute atomic E-state index is 5.98. The standard InChI is InChI=1S/C13H11ClN2S/c14-10-5-3-4-9(8-10)11-6-1-2-7-12(11)16-13(15)17/h1-8H,(H3,15,16,17). The number of benzene rings is 2. The van der Waals surface area contributed by atoms with Crippen LogP contribution in [0.5, 0.6) is 0 Å². The Bertz CT molecular complexity index is 555. The van der Waals surface area contributed by atoms with Crippen molar-refractivity contribution in [3.05, 3.63) is 53.6 Å². The van der Waals surface area contributed by atoms with Crippen molar-refractivity contribution in [2.75, 3.05) is 5.32 Å². The minimum atomic E-state index is 0.250. The fraction of sp³-hybridized carbons (Fsp3) is 0. The van der Waals surface area contributed by atoms with Crippen molar-refractivity contribution >= 4 is 34.6 Å². The van der Waals surface area contributed by atoms with Gasteiger partial charge in [0.2, 0.25) is 0 Å². The summed E-state index contributed by atoms with van der Waals surface area (Å²) in [6.07, 6.45) is 0. The summed E-state index contributed by atoms with van der Waals surface area (Å²) >= 11 is 10.8. The van der Waals surface area contributed by atoms with Crippen LogP contribution in [0.3, 0.4) is 0 Å². The first kappa shape index (κ1) is 11.9. The van der Waals surface area contributed by atoms with Crippen molar-refractivity contribution in [1.82, 2.24) is 0 Å². The molecule has 0 aliphatic rings. The van der Waals surface area contributed by atoms with Gasteiger partial charge in [-0.25, -0.2) is 0 Å². The lowest BCUT2D eigenvalue weighted by molar-refractivity contribution is 1.57. The summed E-state index contributed by atoms with van der Waals surface area (Å²) in [5, 5.41) is 3.91. The largest absolute Gasteiger partial charge is 0.376 e. The molecule has 2 nitrogen and oxygen atoms in total. The Morgan fingerprint density at radius 3 is 2.59 bits per heavy atom. The van der Waals surface area contributed by atoms with E-state index < -0.39 is 0 Å². The molecule has 0 unspecified atom stereocenters. The molecule has 0 aliphatic carbocycles. The van der Waals surface area contributed by atoms with Crippen molar-refractivity contribution in [3.63, 3.8) is 0 Å². The molecular formula is C13H11ClN2S. The van der Waals surface area contributed by atoms with Crippen LogP contribution in [0, 0.1) is 0 Å². The molecule has 0 saturated carbocycles. The predicted molar refractivity (Wildman–Crippen MR) is 77.3 cm³/mol. The number of nitrogens with two attached hydrogens (primary N) is 1. The summed E-state index contributed by atoms with van der Waals surface area (Å²) in [7, 11) is 0. The van der Waals surface area contributed by atoms with Crippen LogP contribution in [-0.4, -0.2) is 5.11 Å². The van der Waals surface area contributed by atoms with Crippen molar-refractivity contribution in [3.8, 4) is 11.1 Å². The van der Waals surface area contributed by atoms with Crippen LogP contribution in [-0.2, 0) is 0 Å². The van der Waals surface area contributed by atoms with E-state index in [0.717, 1.165) is 16.8 Å². The van der Waals surface area contributed by atoms with Crippen LogP contribution in [0.15, 0.2) is 48.5 Å². The van der Waals surface area contributed by atoms with Gasteiger partial charge < -0.3 is 11.1 Å². The van der Waals surface area contributed by atoms with E-state index in [0.29, 0.717) is 5.02 Å². The fourth-order valence-corrected chi connectivity index (χ4v) is 1.93. The Balaban J connectivity index is 2.47. The van der Waals surface area contributed by atoms with Crippen molar-refractivity contribution < 1.29 is 0 Å². The van der Waals surface area contributed by atoms with Crippen LogP contribution in [0.25, 0.3) is 11.1 Å². The van der Waals surface area contributed by atoms with Gasteiger partial charge in [-0.3, -0.25) is 0 Å². The molecule has 0 aliphatic heterocycles. The fourth-order valence-electron chi connectivity index (χ4n) is 1.63. The highest BCUT2D eigenvalue weighted by Gasteiger charge is 2.05. The molecule has 0 spiro atoms. The molecule has 0 radical (unpaired) electrons. The molecule has 0 aromatic heterocycles. The quantitative estimate of drug-likeness (QED) is 0.811. The first-order valence-corrected chi connectivity index (χ1v) is 5.87. The van der Waals surface area contributed by atoms with Crippen LogP contribution < -0.4 is 11.1 Å². The van der Waals surface area contributed by atoms with Crippen molar-refractivity contribution in [1.29, 1.82) is 0 Å². The van der Waals surface area contributed by atoms with Crippen LogP contribution in [0.4, 0.5) is 5.69 Å². The average Bonchev–Trinajstić information content (AvgIpc) is 2.29. The number of hydrogen-bond acceptors (Lipinski definition) is 1. The van der Waals surface area contributed by atoms with E-state index in [1.165, 1.54) is 0 Å². The Hall–Kier alpha value is -1.58. The molecule has 86 valence electrons. The number of anilines is 1. The minimum Gasteiger partial charge on any atom is -0.376 e. The molecule has 2 aromatic rings. The zero-order valence-corrected chi connectivity index (χ0v) is 10.6. The van der Waals surface area contributed by atoms with Gasteiger partial charge >= 0.3 is 0 Å². The van der Waals surface area contributed by atoms with Gasteiger partial charge in [0.05, 0.1) is 0 Å². The third-order valence-electron chi connectivity index (χ3n) is 2.32. The highest BCUT2D eigenvalue weighted by molar-refractivity contribution is 7.80. The predicted octanol–water partition coefficient (Wildman–Crippen LogP) is 3.66. The lowest BCUT2D eigenvalue weighted by Crippen LogP contribution is -2.19. The molecule has 0 atom stereocenters. The second-order valence-electron chi connectivity index (χ2n) is 3.55. The highest BCUT2D eigenvalue weighted by Crippen LogP contribution is 2.29. The van der Waals surface area contributed by atoms with Gasteiger partial charge in [-0.05, 0) is 36.0 Å². The van der Waals surface area contributed by atoms with Gasteiger partial charge in [0, 0.05) is 16.3 Å². The SMILES string of the molecule is NC(=S)Nc1ccccc1-c1cccc(Cl)c1. The summed E-state index contributed by atoms with van der Waals surface area (Å²) in [4.78, 5) is 0. The van der Waals surface area contributed by atoms with E-state index in [1.54, 1.807) is 0 Å². The van der Waals surface area contributed by atoms with Crippen LogP contribution >= 0.6 is 23.8 Å². The maximum atomic E-state index is 5.98. The van der Waals surface area contributed by atoms with Gasteiger partial charge in [0.15, 0.2) is 5.11 Å². The zero-order chi connectivity index (χ0) is 12.3. The Morgan fingerprint density at radius 1 is 1.12 bits per heavy atom.